The van der Waals surface area contributed by atoms with Gasteiger partial charge in [0.05, 0.1) is 34.9 Å². The Morgan fingerprint density at radius 1 is 0.733 bits per heavy atom. The van der Waals surface area contributed by atoms with E-state index in [1.165, 1.54) is 16.5 Å². The van der Waals surface area contributed by atoms with Crippen LogP contribution < -0.4 is 21.7 Å². The molecule has 2 atom stereocenters. The number of hydrogen-bond donors (Lipinski definition) is 4. The lowest BCUT2D eigenvalue weighted by Gasteiger charge is -2.23. The highest BCUT2D eigenvalue weighted by molar-refractivity contribution is 5.86. The van der Waals surface area contributed by atoms with E-state index in [4.69, 9.17) is 10.5 Å². The van der Waals surface area contributed by atoms with Gasteiger partial charge in [-0.05, 0) is 95.7 Å². The van der Waals surface area contributed by atoms with E-state index in [0.29, 0.717) is 31.9 Å². The molecule has 0 saturated carbocycles. The fraction of sp³-hybridized carbons (Fsp3) is 0.381. The van der Waals surface area contributed by atoms with Crippen LogP contribution in [0.15, 0.2) is 97.3 Å². The summed E-state index contributed by atoms with van der Waals surface area (Å²) in [6, 6.07) is 21.8. The van der Waals surface area contributed by atoms with Crippen molar-refractivity contribution >= 4 is 23.6 Å². The van der Waals surface area contributed by atoms with Gasteiger partial charge in [0.2, 0.25) is 11.8 Å². The van der Waals surface area contributed by atoms with E-state index in [2.05, 4.69) is 31.1 Å². The Morgan fingerprint density at radius 2 is 1.30 bits per heavy atom. The molecule has 5 rings (SSSR count). The Bertz CT molecular complexity index is 2170. The first-order chi connectivity index (χ1) is 28.0. The number of halogens is 6. The average Bonchev–Trinajstić information content (AvgIpc) is 3.60. The first-order valence-electron chi connectivity index (χ1n) is 18.9. The molecule has 3 heterocycles. The van der Waals surface area contributed by atoms with Gasteiger partial charge in [-0.25, -0.2) is 4.79 Å². The molecule has 0 aliphatic heterocycles. The fourth-order valence-corrected chi connectivity index (χ4v) is 5.55. The molecule has 5 N–H and O–H groups in total. The zero-order valence-corrected chi connectivity index (χ0v) is 33.7. The summed E-state index contributed by atoms with van der Waals surface area (Å²) < 4.78 is 83.9. The van der Waals surface area contributed by atoms with Gasteiger partial charge in [0, 0.05) is 12.4 Å². The van der Waals surface area contributed by atoms with Gasteiger partial charge >= 0.3 is 18.4 Å². The summed E-state index contributed by atoms with van der Waals surface area (Å²) in [7, 11) is 0. The maximum atomic E-state index is 13.2. The van der Waals surface area contributed by atoms with Gasteiger partial charge in [-0.15, -0.1) is 10.2 Å². The van der Waals surface area contributed by atoms with E-state index < -0.39 is 64.6 Å². The van der Waals surface area contributed by atoms with Crippen LogP contribution in [0, 0.1) is 0 Å². The minimum Gasteiger partial charge on any atom is -0.444 e. The van der Waals surface area contributed by atoms with Crippen LogP contribution in [-0.2, 0) is 46.1 Å². The van der Waals surface area contributed by atoms with Crippen LogP contribution in [0.5, 0.6) is 0 Å². The van der Waals surface area contributed by atoms with Crippen molar-refractivity contribution in [2.75, 3.05) is 0 Å². The number of alkyl carbamates (subject to hydrolysis) is 1. The molecule has 322 valence electrons. The highest BCUT2D eigenvalue weighted by Gasteiger charge is 2.33. The zero-order valence-electron chi connectivity index (χ0n) is 33.7. The van der Waals surface area contributed by atoms with Gasteiger partial charge in [0.25, 0.3) is 0 Å². The summed E-state index contributed by atoms with van der Waals surface area (Å²) in [6.45, 7) is 8.17. The SMILES string of the molecule is CC(C)(C)OC(=O)N[C@H](CCc1ccccc1)C(=O)NCc1ccc(C(F)(F)F)cn1.CC(C)(N)C(=O)N[C@H](CCc1ccccc1)c1nnc2ccc(C(F)(F)F)cn12. The Morgan fingerprint density at radius 3 is 1.82 bits per heavy atom. The van der Waals surface area contributed by atoms with Crippen molar-refractivity contribution in [2.45, 2.75) is 102 Å². The number of alkyl halides is 6. The maximum Gasteiger partial charge on any atom is 0.417 e. The Labute approximate surface area is 343 Å². The molecular formula is C42H48F6N8O4. The minimum atomic E-state index is -4.50. The van der Waals surface area contributed by atoms with Gasteiger partial charge in [-0.1, -0.05) is 60.7 Å². The number of nitrogens with two attached hydrogens (primary N) is 1. The van der Waals surface area contributed by atoms with Crippen molar-refractivity contribution < 1.29 is 45.5 Å². The van der Waals surface area contributed by atoms with Crippen molar-refractivity contribution in [3.8, 4) is 0 Å². The number of nitrogens with zero attached hydrogens (tertiary/aromatic N) is 4. The number of ether oxygens (including phenoxy) is 1. The molecule has 0 bridgehead atoms. The molecule has 0 radical (unpaired) electrons. The molecule has 0 aliphatic rings. The lowest BCUT2D eigenvalue weighted by Crippen LogP contribution is -2.50. The van der Waals surface area contributed by atoms with E-state index >= 15 is 0 Å². The van der Waals surface area contributed by atoms with Gasteiger partial charge in [-0.3, -0.25) is 19.0 Å². The molecule has 5 aromatic rings. The molecule has 18 heteroatoms. The standard InChI is InChI=1S/C22H26F3N3O3.C20H22F3N5O/c1-21(2,3)31-20(30)28-18(12-9-15-7-5-4-6-8-15)19(29)27-14-17-11-10-16(13-26-17)22(23,24)25;1-19(2,24)18(29)25-15(10-8-13-6-4-3-5-7-13)17-27-26-16-11-9-14(12-28(16)17)20(21,22)23/h4-8,10-11,13,18H,9,12,14H2,1-3H3,(H,27,29)(H,28,30);3-7,9,11-12,15H,8,10,24H2,1-2H3,(H,25,29)/t18-;15-/m11/s1. The van der Waals surface area contributed by atoms with Crippen LogP contribution in [0.2, 0.25) is 0 Å². The van der Waals surface area contributed by atoms with Crippen LogP contribution in [0.4, 0.5) is 31.1 Å². The summed E-state index contributed by atoms with van der Waals surface area (Å²) in [4.78, 5) is 41.0. The van der Waals surface area contributed by atoms with Crippen LogP contribution in [0.1, 0.15) is 87.3 Å². The third-order valence-electron chi connectivity index (χ3n) is 8.69. The second-order valence-electron chi connectivity index (χ2n) is 15.5. The van der Waals surface area contributed by atoms with Gasteiger partial charge in [0.1, 0.15) is 11.6 Å². The summed E-state index contributed by atoms with van der Waals surface area (Å²) in [6.07, 6.45) is -6.19. The first kappa shape index (κ1) is 46.6. The smallest absolute Gasteiger partial charge is 0.417 e. The van der Waals surface area contributed by atoms with Crippen molar-refractivity contribution in [3.05, 3.63) is 131 Å². The van der Waals surface area contributed by atoms with Gasteiger partial charge in [0.15, 0.2) is 11.5 Å². The van der Waals surface area contributed by atoms with Crippen LogP contribution >= 0.6 is 0 Å². The predicted octanol–water partition coefficient (Wildman–Crippen LogP) is 7.52. The number of pyridine rings is 2. The number of carbonyl (C=O) groups is 3. The number of benzene rings is 2. The topological polar surface area (TPSA) is 166 Å². The molecule has 3 amide bonds. The van der Waals surface area contributed by atoms with Gasteiger partial charge in [-0.2, -0.15) is 26.3 Å². The van der Waals surface area contributed by atoms with Crippen molar-refractivity contribution in [2.24, 2.45) is 5.73 Å². The summed E-state index contributed by atoms with van der Waals surface area (Å²) in [5.74, 6) is -0.692. The molecule has 3 aromatic heterocycles. The normalized spacial score (nSPS) is 13.1. The number of rotatable bonds is 13. The van der Waals surface area contributed by atoms with Crippen LogP contribution in [-0.4, -0.2) is 54.7 Å². The Balaban J connectivity index is 0.000000265. The third kappa shape index (κ3) is 14.7. The second kappa shape index (κ2) is 19.8. The molecular weight excluding hydrogens is 795 g/mol. The lowest BCUT2D eigenvalue weighted by molar-refractivity contribution is -0.138. The number of amides is 3. The number of aromatic nitrogens is 4. The molecule has 0 aliphatic carbocycles. The predicted molar refractivity (Wildman–Crippen MR) is 211 cm³/mol. The molecule has 0 fully saturated rings. The van der Waals surface area contributed by atoms with E-state index in [1.807, 2.05) is 60.7 Å². The number of hydrogen-bond acceptors (Lipinski definition) is 8. The van der Waals surface area contributed by atoms with E-state index in [0.717, 1.165) is 29.5 Å². The van der Waals surface area contributed by atoms with Crippen LogP contribution in [0.3, 0.4) is 0 Å². The lowest BCUT2D eigenvalue weighted by atomic mass is 10.0. The summed E-state index contributed by atoms with van der Waals surface area (Å²) in [5, 5.41) is 16.0. The van der Waals surface area contributed by atoms with E-state index in [-0.39, 0.29) is 23.7 Å². The minimum absolute atomic E-state index is 0.0746. The maximum absolute atomic E-state index is 13.2. The third-order valence-corrected chi connectivity index (χ3v) is 8.69. The monoisotopic (exact) mass is 842 g/mol. The Kier molecular flexibility index (Phi) is 15.4. The number of nitrogens with one attached hydrogen (secondary N) is 3. The summed E-state index contributed by atoms with van der Waals surface area (Å²) >= 11 is 0. The van der Waals surface area contributed by atoms with Crippen molar-refractivity contribution in [1.29, 1.82) is 0 Å². The molecule has 12 nitrogen and oxygen atoms in total. The van der Waals surface area contributed by atoms with Gasteiger partial charge < -0.3 is 26.4 Å². The Hall–Kier alpha value is -6.04. The first-order valence-corrected chi connectivity index (χ1v) is 18.9. The number of fused-ring (bicyclic) bond motifs is 1. The summed E-state index contributed by atoms with van der Waals surface area (Å²) in [5.41, 5.74) is 4.87. The highest BCUT2D eigenvalue weighted by Crippen LogP contribution is 2.31. The quantitative estimate of drug-likeness (QED) is 0.0885. The van der Waals surface area contributed by atoms with E-state index in [9.17, 15) is 40.7 Å². The molecule has 0 saturated heterocycles. The molecule has 60 heavy (non-hydrogen) atoms. The van der Waals surface area contributed by atoms with E-state index in [1.54, 1.807) is 34.6 Å². The van der Waals surface area contributed by atoms with Crippen molar-refractivity contribution in [1.82, 2.24) is 35.5 Å². The molecule has 0 unspecified atom stereocenters. The number of carbonyl (C=O) groups excluding carboxylic acids is 3. The average molecular weight is 843 g/mol. The van der Waals surface area contributed by atoms with Crippen LogP contribution in [0.25, 0.3) is 5.65 Å². The fourth-order valence-electron chi connectivity index (χ4n) is 5.55. The number of aryl methyl sites for hydroxylation is 2. The highest BCUT2D eigenvalue weighted by atomic mass is 19.4. The van der Waals surface area contributed by atoms with Crippen molar-refractivity contribution in [3.63, 3.8) is 0 Å². The molecule has 0 spiro atoms. The zero-order chi connectivity index (χ0) is 44.3. The largest absolute Gasteiger partial charge is 0.444 e. The molecule has 2 aromatic carbocycles. The second-order valence-corrected chi connectivity index (χ2v) is 15.5.